The van der Waals surface area contributed by atoms with Crippen LogP contribution < -0.4 is 20.7 Å². The number of hydrogen-bond donors (Lipinski definition) is 0. The molecule has 1 aromatic heterocycles. The van der Waals surface area contributed by atoms with Gasteiger partial charge in [0.1, 0.15) is 6.54 Å². The minimum atomic E-state index is -0.555. The summed E-state index contributed by atoms with van der Waals surface area (Å²) in [6.07, 6.45) is 0. The van der Waals surface area contributed by atoms with Crippen LogP contribution in [-0.2, 0) is 22.6 Å². The highest BCUT2D eigenvalue weighted by Crippen LogP contribution is 2.30. The fourth-order valence-electron chi connectivity index (χ4n) is 3.85. The molecule has 1 fully saturated rings. The molecule has 0 unspecified atom stereocenters. The second-order valence-electron chi connectivity index (χ2n) is 7.46. The van der Waals surface area contributed by atoms with E-state index in [1.807, 2.05) is 30.3 Å². The lowest BCUT2D eigenvalue weighted by Crippen LogP contribution is -2.46. The number of nitrogens with zero attached hydrogens (tertiary/aromatic N) is 3. The van der Waals surface area contributed by atoms with Crippen molar-refractivity contribution in [1.29, 1.82) is 0 Å². The van der Waals surface area contributed by atoms with Crippen LogP contribution in [0.2, 0.25) is 0 Å². The minimum absolute atomic E-state index is 0.0918. The summed E-state index contributed by atoms with van der Waals surface area (Å²) in [5.41, 5.74) is 0.117. The number of ether oxygens (including phenoxy) is 3. The SMILES string of the molecule is COc1cc2c(=O)n(Cc3ccccc3)c(=O)n(CC(=O)N3CCOCC3)c2cc1OC. The number of carbonyl (C=O) groups is 1. The lowest BCUT2D eigenvalue weighted by Gasteiger charge is -2.27. The smallest absolute Gasteiger partial charge is 0.332 e. The molecule has 32 heavy (non-hydrogen) atoms. The third-order valence-electron chi connectivity index (χ3n) is 5.57. The van der Waals surface area contributed by atoms with Crippen LogP contribution in [0.5, 0.6) is 11.5 Å². The second kappa shape index (κ2) is 9.27. The van der Waals surface area contributed by atoms with Gasteiger partial charge in [0.05, 0.1) is 44.9 Å². The summed E-state index contributed by atoms with van der Waals surface area (Å²) in [5.74, 6) is 0.525. The number of hydrogen-bond acceptors (Lipinski definition) is 6. The Hall–Kier alpha value is -3.59. The molecule has 0 saturated carbocycles. The average molecular weight is 439 g/mol. The van der Waals surface area contributed by atoms with Crippen LogP contribution in [0.15, 0.2) is 52.1 Å². The monoisotopic (exact) mass is 439 g/mol. The number of morpholine rings is 1. The van der Waals surface area contributed by atoms with E-state index in [0.29, 0.717) is 43.3 Å². The standard InChI is InChI=1S/C23H25N3O6/c1-30-19-12-17-18(13-20(19)31-2)25(15-21(27)24-8-10-32-11-9-24)23(29)26(22(17)28)14-16-6-4-3-5-7-16/h3-7,12-13H,8-11,14-15H2,1-2H3. The van der Waals surface area contributed by atoms with Gasteiger partial charge in [-0.05, 0) is 11.6 Å². The Balaban J connectivity index is 1.89. The van der Waals surface area contributed by atoms with Crippen molar-refractivity contribution in [1.82, 2.24) is 14.0 Å². The van der Waals surface area contributed by atoms with Gasteiger partial charge in [0.2, 0.25) is 5.91 Å². The summed E-state index contributed by atoms with van der Waals surface area (Å²) < 4.78 is 18.5. The van der Waals surface area contributed by atoms with E-state index in [1.54, 1.807) is 17.0 Å². The Bertz CT molecular complexity index is 1240. The Labute approximate surface area is 184 Å². The first kappa shape index (κ1) is 21.6. The van der Waals surface area contributed by atoms with Gasteiger partial charge in [0.15, 0.2) is 11.5 Å². The molecule has 4 rings (SSSR count). The summed E-state index contributed by atoms with van der Waals surface area (Å²) in [5, 5.41) is 0.271. The molecule has 0 spiro atoms. The van der Waals surface area contributed by atoms with Crippen molar-refractivity contribution in [2.24, 2.45) is 0 Å². The first-order chi connectivity index (χ1) is 15.5. The number of aromatic nitrogens is 2. The molecule has 3 aromatic rings. The summed E-state index contributed by atoms with van der Waals surface area (Å²) in [6.45, 7) is 1.74. The zero-order chi connectivity index (χ0) is 22.7. The van der Waals surface area contributed by atoms with Gasteiger partial charge in [-0.25, -0.2) is 4.79 Å². The molecule has 2 aromatic carbocycles. The Kier molecular flexibility index (Phi) is 6.27. The predicted molar refractivity (Wildman–Crippen MR) is 119 cm³/mol. The number of fused-ring (bicyclic) bond motifs is 1. The molecule has 9 nitrogen and oxygen atoms in total. The third-order valence-corrected chi connectivity index (χ3v) is 5.57. The van der Waals surface area contributed by atoms with E-state index in [9.17, 15) is 14.4 Å². The largest absolute Gasteiger partial charge is 0.493 e. The van der Waals surface area contributed by atoms with Gasteiger partial charge in [0, 0.05) is 19.2 Å². The quantitative estimate of drug-likeness (QED) is 0.571. The summed E-state index contributed by atoms with van der Waals surface area (Å²) in [6, 6.07) is 12.3. The lowest BCUT2D eigenvalue weighted by molar-refractivity contribution is -0.135. The molecule has 1 aliphatic heterocycles. The molecule has 168 valence electrons. The van der Waals surface area contributed by atoms with Gasteiger partial charge in [-0.15, -0.1) is 0 Å². The second-order valence-corrected chi connectivity index (χ2v) is 7.46. The van der Waals surface area contributed by atoms with Crippen molar-refractivity contribution in [3.63, 3.8) is 0 Å². The van der Waals surface area contributed by atoms with Crippen LogP contribution in [0.3, 0.4) is 0 Å². The maximum Gasteiger partial charge on any atom is 0.332 e. The van der Waals surface area contributed by atoms with Gasteiger partial charge in [-0.2, -0.15) is 0 Å². The predicted octanol–water partition coefficient (Wildman–Crippen LogP) is 1.09. The highest BCUT2D eigenvalue weighted by Gasteiger charge is 2.22. The Morgan fingerprint density at radius 2 is 1.62 bits per heavy atom. The molecular formula is C23H25N3O6. The molecule has 1 amide bonds. The molecule has 0 aliphatic carbocycles. The van der Waals surface area contributed by atoms with Gasteiger partial charge in [0.25, 0.3) is 5.56 Å². The summed E-state index contributed by atoms with van der Waals surface area (Å²) >= 11 is 0. The number of methoxy groups -OCH3 is 2. The highest BCUT2D eigenvalue weighted by atomic mass is 16.5. The van der Waals surface area contributed by atoms with E-state index >= 15 is 0 Å². The molecule has 0 bridgehead atoms. The Morgan fingerprint density at radius 1 is 0.969 bits per heavy atom. The van der Waals surface area contributed by atoms with Crippen molar-refractivity contribution in [2.75, 3.05) is 40.5 Å². The van der Waals surface area contributed by atoms with Gasteiger partial charge >= 0.3 is 5.69 Å². The van der Waals surface area contributed by atoms with Crippen molar-refractivity contribution in [2.45, 2.75) is 13.1 Å². The fraction of sp³-hybridized carbons (Fsp3) is 0.348. The van der Waals surface area contributed by atoms with E-state index in [-0.39, 0.29) is 24.4 Å². The van der Waals surface area contributed by atoms with Crippen molar-refractivity contribution < 1.29 is 19.0 Å². The maximum atomic E-state index is 13.4. The molecule has 0 atom stereocenters. The Morgan fingerprint density at radius 3 is 2.28 bits per heavy atom. The van der Waals surface area contributed by atoms with E-state index in [1.165, 1.54) is 18.8 Å². The van der Waals surface area contributed by atoms with Crippen LogP contribution in [-0.4, -0.2) is 60.5 Å². The third kappa shape index (κ3) is 4.11. The van der Waals surface area contributed by atoms with Crippen LogP contribution >= 0.6 is 0 Å². The van der Waals surface area contributed by atoms with Crippen molar-refractivity contribution in [3.8, 4) is 11.5 Å². The van der Waals surface area contributed by atoms with Crippen molar-refractivity contribution in [3.05, 3.63) is 68.9 Å². The van der Waals surface area contributed by atoms with E-state index in [4.69, 9.17) is 14.2 Å². The summed E-state index contributed by atoms with van der Waals surface area (Å²) in [7, 11) is 2.95. The summed E-state index contributed by atoms with van der Waals surface area (Å²) in [4.78, 5) is 41.4. The van der Waals surface area contributed by atoms with Crippen LogP contribution in [0.25, 0.3) is 10.9 Å². The molecule has 1 saturated heterocycles. The first-order valence-corrected chi connectivity index (χ1v) is 10.3. The number of carbonyl (C=O) groups excluding carboxylic acids is 1. The normalized spacial score (nSPS) is 13.9. The van der Waals surface area contributed by atoms with Crippen LogP contribution in [0, 0.1) is 0 Å². The van der Waals surface area contributed by atoms with Gasteiger partial charge in [-0.1, -0.05) is 30.3 Å². The van der Waals surface area contributed by atoms with E-state index in [0.717, 1.165) is 10.1 Å². The van der Waals surface area contributed by atoms with Crippen LogP contribution in [0.1, 0.15) is 5.56 Å². The number of benzene rings is 2. The first-order valence-electron chi connectivity index (χ1n) is 10.3. The zero-order valence-corrected chi connectivity index (χ0v) is 18.1. The van der Waals surface area contributed by atoms with E-state index in [2.05, 4.69) is 0 Å². The topological polar surface area (TPSA) is 92.0 Å². The van der Waals surface area contributed by atoms with Crippen molar-refractivity contribution >= 4 is 16.8 Å². The molecule has 1 aliphatic rings. The molecule has 0 N–H and O–H groups in total. The van der Waals surface area contributed by atoms with Gasteiger partial charge in [-0.3, -0.25) is 18.7 Å². The zero-order valence-electron chi connectivity index (χ0n) is 18.1. The van der Waals surface area contributed by atoms with E-state index < -0.39 is 11.2 Å². The molecular weight excluding hydrogens is 414 g/mol. The molecule has 9 heteroatoms. The molecule has 2 heterocycles. The highest BCUT2D eigenvalue weighted by molar-refractivity contribution is 5.84. The fourth-order valence-corrected chi connectivity index (χ4v) is 3.85. The number of amides is 1. The lowest BCUT2D eigenvalue weighted by atomic mass is 10.2. The minimum Gasteiger partial charge on any atom is -0.493 e. The average Bonchev–Trinajstić information content (AvgIpc) is 2.84. The van der Waals surface area contributed by atoms with Crippen LogP contribution in [0.4, 0.5) is 0 Å². The molecule has 0 radical (unpaired) electrons. The number of rotatable bonds is 6. The van der Waals surface area contributed by atoms with Gasteiger partial charge < -0.3 is 19.1 Å². The maximum absolute atomic E-state index is 13.4.